The van der Waals surface area contributed by atoms with E-state index in [2.05, 4.69) is 6.92 Å². The predicted molar refractivity (Wildman–Crippen MR) is 76.2 cm³/mol. The molecule has 0 aliphatic carbocycles. The predicted octanol–water partition coefficient (Wildman–Crippen LogP) is 4.37. The highest BCUT2D eigenvalue weighted by Crippen LogP contribution is 2.36. The van der Waals surface area contributed by atoms with Crippen LogP contribution in [0.25, 0.3) is 0 Å². The molecule has 0 N–H and O–H groups in total. The molecule has 0 bridgehead atoms. The maximum atomic E-state index is 10.8. The van der Waals surface area contributed by atoms with Gasteiger partial charge in [-0.2, -0.15) is 0 Å². The Morgan fingerprint density at radius 2 is 1.50 bits per heavy atom. The Kier molecular flexibility index (Phi) is 4.44. The lowest BCUT2D eigenvalue weighted by molar-refractivity contribution is 0.111. The molecule has 0 unspecified atom stereocenters. The fraction of sp³-hybridized carbons (Fsp3) is 0.286. The quantitative estimate of drug-likeness (QED) is 0.735. The molecule has 0 radical (unpaired) electrons. The molecule has 0 saturated carbocycles. The summed E-state index contributed by atoms with van der Waals surface area (Å²) in [5.41, 5.74) is 0. The minimum atomic E-state index is 0.312. The van der Waals surface area contributed by atoms with E-state index in [1.54, 1.807) is 22.7 Å². The molecule has 2 aromatic heterocycles. The first-order valence-electron chi connectivity index (χ1n) is 5.88. The molecule has 2 nitrogen and oxygen atoms in total. The number of carbonyl (C=O) groups excluding carboxylic acids is 2. The summed E-state index contributed by atoms with van der Waals surface area (Å²) in [5.74, 6) is 0.312. The minimum absolute atomic E-state index is 0.312. The smallest absolute Gasteiger partial charge is 0.160 e. The zero-order chi connectivity index (χ0) is 13.0. The van der Waals surface area contributed by atoms with E-state index in [9.17, 15) is 9.59 Å². The summed E-state index contributed by atoms with van der Waals surface area (Å²) in [6.45, 7) is 2.15. The maximum absolute atomic E-state index is 10.8. The van der Waals surface area contributed by atoms with Crippen molar-refractivity contribution in [2.45, 2.75) is 25.7 Å². The van der Waals surface area contributed by atoms with E-state index in [1.165, 1.54) is 9.75 Å². The molecule has 0 aromatic carbocycles. The number of carbonyl (C=O) groups is 2. The third kappa shape index (κ3) is 2.76. The van der Waals surface area contributed by atoms with Crippen LogP contribution in [0.15, 0.2) is 24.3 Å². The van der Waals surface area contributed by atoms with Crippen LogP contribution in [-0.4, -0.2) is 12.6 Å². The normalized spacial score (nSPS) is 10.8. The Morgan fingerprint density at radius 1 is 1.00 bits per heavy atom. The molecule has 0 saturated heterocycles. The minimum Gasteiger partial charge on any atom is -0.297 e. The van der Waals surface area contributed by atoms with E-state index in [0.29, 0.717) is 5.92 Å². The monoisotopic (exact) mass is 278 g/mol. The Balaban J connectivity index is 2.32. The van der Waals surface area contributed by atoms with Crippen LogP contribution in [0, 0.1) is 0 Å². The van der Waals surface area contributed by atoms with Crippen LogP contribution in [0.5, 0.6) is 0 Å². The standard InChI is InChI=1S/C14H14O2S2/c1-2-3-12(13-6-4-10(8-15)17-13)14-7-5-11(9-16)18-14/h4-9,12H,2-3H2,1H3. The summed E-state index contributed by atoms with van der Waals surface area (Å²) in [4.78, 5) is 25.4. The molecule has 2 heterocycles. The van der Waals surface area contributed by atoms with Crippen molar-refractivity contribution in [2.24, 2.45) is 0 Å². The van der Waals surface area contributed by atoms with Crippen LogP contribution in [0.2, 0.25) is 0 Å². The Bertz CT molecular complexity index is 493. The Morgan fingerprint density at radius 3 is 1.83 bits per heavy atom. The van der Waals surface area contributed by atoms with E-state index in [1.807, 2.05) is 24.3 Å². The van der Waals surface area contributed by atoms with Crippen molar-refractivity contribution in [3.8, 4) is 0 Å². The summed E-state index contributed by atoms with van der Waals surface area (Å²) in [5, 5.41) is 0. The summed E-state index contributed by atoms with van der Waals surface area (Å²) in [6, 6.07) is 7.78. The second-order valence-corrected chi connectivity index (χ2v) is 6.35. The van der Waals surface area contributed by atoms with Crippen molar-refractivity contribution in [3.63, 3.8) is 0 Å². The van der Waals surface area contributed by atoms with Crippen LogP contribution >= 0.6 is 22.7 Å². The average Bonchev–Trinajstić information content (AvgIpc) is 3.04. The highest BCUT2D eigenvalue weighted by Gasteiger charge is 2.17. The van der Waals surface area contributed by atoms with Crippen LogP contribution in [0.4, 0.5) is 0 Å². The molecule has 0 aliphatic heterocycles. The van der Waals surface area contributed by atoms with Crippen LogP contribution < -0.4 is 0 Å². The summed E-state index contributed by atoms with van der Waals surface area (Å²) < 4.78 is 0. The molecule has 0 spiro atoms. The third-order valence-electron chi connectivity index (χ3n) is 2.79. The van der Waals surface area contributed by atoms with E-state index in [0.717, 1.165) is 35.2 Å². The molecule has 0 amide bonds. The van der Waals surface area contributed by atoms with Crippen LogP contribution in [0.1, 0.15) is 54.8 Å². The van der Waals surface area contributed by atoms with Gasteiger partial charge in [0, 0.05) is 15.7 Å². The molecule has 2 rings (SSSR count). The molecule has 18 heavy (non-hydrogen) atoms. The molecule has 2 aromatic rings. The molecule has 0 aliphatic rings. The topological polar surface area (TPSA) is 34.1 Å². The SMILES string of the molecule is CCCC(c1ccc(C=O)s1)c1ccc(C=O)s1. The summed E-state index contributed by atoms with van der Waals surface area (Å²) >= 11 is 3.09. The lowest BCUT2D eigenvalue weighted by atomic mass is 10.00. The van der Waals surface area contributed by atoms with Crippen molar-refractivity contribution in [1.29, 1.82) is 0 Å². The van der Waals surface area contributed by atoms with E-state index < -0.39 is 0 Å². The van der Waals surface area contributed by atoms with Gasteiger partial charge in [-0.3, -0.25) is 9.59 Å². The molecule has 4 heteroatoms. The second-order valence-electron chi connectivity index (χ2n) is 4.06. The molecule has 0 fully saturated rings. The van der Waals surface area contributed by atoms with E-state index in [4.69, 9.17) is 0 Å². The Labute approximate surface area is 114 Å². The van der Waals surface area contributed by atoms with Crippen LogP contribution in [-0.2, 0) is 0 Å². The third-order valence-corrected chi connectivity index (χ3v) is 5.04. The van der Waals surface area contributed by atoms with Gasteiger partial charge in [-0.25, -0.2) is 0 Å². The fourth-order valence-electron chi connectivity index (χ4n) is 1.95. The van der Waals surface area contributed by atoms with E-state index >= 15 is 0 Å². The first-order valence-corrected chi connectivity index (χ1v) is 7.51. The van der Waals surface area contributed by atoms with Gasteiger partial charge in [0.25, 0.3) is 0 Å². The lowest BCUT2D eigenvalue weighted by Gasteiger charge is -2.12. The van der Waals surface area contributed by atoms with Gasteiger partial charge in [0.2, 0.25) is 0 Å². The van der Waals surface area contributed by atoms with Gasteiger partial charge in [-0.1, -0.05) is 13.3 Å². The lowest BCUT2D eigenvalue weighted by Crippen LogP contribution is -1.95. The van der Waals surface area contributed by atoms with Gasteiger partial charge in [-0.05, 0) is 30.7 Å². The molecular formula is C14H14O2S2. The zero-order valence-electron chi connectivity index (χ0n) is 10.1. The number of hydrogen-bond donors (Lipinski definition) is 0. The number of rotatable bonds is 6. The van der Waals surface area contributed by atoms with Crippen molar-refractivity contribution >= 4 is 35.2 Å². The fourth-order valence-corrected chi connectivity index (χ4v) is 3.99. The van der Waals surface area contributed by atoms with Gasteiger partial charge in [0.1, 0.15) is 0 Å². The average molecular weight is 278 g/mol. The van der Waals surface area contributed by atoms with E-state index in [-0.39, 0.29) is 0 Å². The number of thiophene rings is 2. The maximum Gasteiger partial charge on any atom is 0.160 e. The van der Waals surface area contributed by atoms with Crippen molar-refractivity contribution in [2.75, 3.05) is 0 Å². The second kappa shape index (κ2) is 6.07. The largest absolute Gasteiger partial charge is 0.297 e. The van der Waals surface area contributed by atoms with Gasteiger partial charge < -0.3 is 0 Å². The van der Waals surface area contributed by atoms with Gasteiger partial charge in [0.05, 0.1) is 9.75 Å². The van der Waals surface area contributed by atoms with Crippen molar-refractivity contribution in [1.82, 2.24) is 0 Å². The van der Waals surface area contributed by atoms with Crippen molar-refractivity contribution in [3.05, 3.63) is 43.8 Å². The summed E-state index contributed by atoms with van der Waals surface area (Å²) in [6.07, 6.45) is 3.90. The first-order chi connectivity index (χ1) is 8.78. The highest BCUT2D eigenvalue weighted by atomic mass is 32.1. The molecule has 94 valence electrons. The van der Waals surface area contributed by atoms with Gasteiger partial charge >= 0.3 is 0 Å². The molecular weight excluding hydrogens is 264 g/mol. The van der Waals surface area contributed by atoms with Gasteiger partial charge in [0.15, 0.2) is 12.6 Å². The number of aldehydes is 2. The first kappa shape index (κ1) is 13.2. The number of hydrogen-bond acceptors (Lipinski definition) is 4. The van der Waals surface area contributed by atoms with Gasteiger partial charge in [-0.15, -0.1) is 22.7 Å². The molecule has 0 atom stereocenters. The highest BCUT2D eigenvalue weighted by molar-refractivity contribution is 7.15. The zero-order valence-corrected chi connectivity index (χ0v) is 11.7. The van der Waals surface area contributed by atoms with Crippen LogP contribution in [0.3, 0.4) is 0 Å². The Hall–Kier alpha value is -1.26. The summed E-state index contributed by atoms with van der Waals surface area (Å²) in [7, 11) is 0. The van der Waals surface area contributed by atoms with Crippen molar-refractivity contribution < 1.29 is 9.59 Å².